The monoisotopic (exact) mass is 439 g/mol. The fraction of sp³-hybridized carbons (Fsp3) is 0.167. The van der Waals surface area contributed by atoms with Gasteiger partial charge >= 0.3 is 6.03 Å². The number of fused-ring (bicyclic) bond motifs is 1. The highest BCUT2D eigenvalue weighted by molar-refractivity contribution is 5.99. The van der Waals surface area contributed by atoms with Crippen LogP contribution in [0.25, 0.3) is 0 Å². The average Bonchev–Trinajstić information content (AvgIpc) is 2.76. The number of hydrogen-bond donors (Lipinski definition) is 1. The molecule has 3 amide bonds. The molecule has 0 fully saturated rings. The quantitative estimate of drug-likeness (QED) is 0.632. The summed E-state index contributed by atoms with van der Waals surface area (Å²) in [4.78, 5) is 28.7. The van der Waals surface area contributed by atoms with E-state index in [-0.39, 0.29) is 11.6 Å². The van der Waals surface area contributed by atoms with Crippen LogP contribution < -0.4 is 10.2 Å². The summed E-state index contributed by atoms with van der Waals surface area (Å²) in [7, 11) is 1.70. The number of anilines is 1. The van der Waals surface area contributed by atoms with Gasteiger partial charge in [0.1, 0.15) is 17.5 Å². The summed E-state index contributed by atoms with van der Waals surface area (Å²) in [5.41, 5.74) is 2.21. The van der Waals surface area contributed by atoms with Gasteiger partial charge in [-0.25, -0.2) is 18.0 Å². The molecular weight excluding hydrogens is 419 g/mol. The van der Waals surface area contributed by atoms with Crippen LogP contribution in [0.4, 0.5) is 23.7 Å². The minimum atomic E-state index is -1.07. The number of nitrogens with zero attached hydrogens (tertiary/aromatic N) is 2. The first-order valence-electron chi connectivity index (χ1n) is 9.94. The maximum atomic E-state index is 13.8. The van der Waals surface area contributed by atoms with E-state index in [0.29, 0.717) is 30.9 Å². The molecule has 0 aliphatic carbocycles. The number of halogens is 3. The topological polar surface area (TPSA) is 52.7 Å². The highest BCUT2D eigenvalue weighted by Gasteiger charge is 2.29. The lowest BCUT2D eigenvalue weighted by Gasteiger charge is -2.35. The third kappa shape index (κ3) is 4.30. The number of carbonyl (C=O) groups excluding carboxylic acids is 2. The van der Waals surface area contributed by atoms with Crippen LogP contribution in [-0.2, 0) is 19.6 Å². The Morgan fingerprint density at radius 1 is 1.00 bits per heavy atom. The minimum Gasteiger partial charge on any atom is -0.348 e. The summed E-state index contributed by atoms with van der Waals surface area (Å²) in [5.74, 6) is -3.74. The van der Waals surface area contributed by atoms with Crippen molar-refractivity contribution in [3.05, 3.63) is 100 Å². The molecule has 1 N–H and O–H groups in total. The van der Waals surface area contributed by atoms with Crippen LogP contribution in [-0.4, -0.2) is 23.9 Å². The van der Waals surface area contributed by atoms with Gasteiger partial charge in [-0.2, -0.15) is 0 Å². The first kappa shape index (κ1) is 21.4. The molecule has 3 aromatic rings. The van der Waals surface area contributed by atoms with Crippen LogP contribution in [0.1, 0.15) is 27.0 Å². The van der Waals surface area contributed by atoms with Crippen molar-refractivity contribution >= 4 is 17.6 Å². The van der Waals surface area contributed by atoms with Crippen LogP contribution in [0.2, 0.25) is 0 Å². The molecule has 0 spiro atoms. The number of benzene rings is 3. The second-order valence-corrected chi connectivity index (χ2v) is 7.58. The maximum Gasteiger partial charge on any atom is 0.324 e. The van der Waals surface area contributed by atoms with E-state index in [1.54, 1.807) is 35.0 Å². The first-order valence-corrected chi connectivity index (χ1v) is 9.94. The van der Waals surface area contributed by atoms with Crippen molar-refractivity contribution in [3.63, 3.8) is 0 Å². The molecule has 0 unspecified atom stereocenters. The van der Waals surface area contributed by atoms with E-state index in [9.17, 15) is 22.8 Å². The molecule has 164 valence electrons. The molecule has 0 saturated carbocycles. The zero-order chi connectivity index (χ0) is 22.8. The molecule has 0 bridgehead atoms. The third-order valence-electron chi connectivity index (χ3n) is 5.32. The van der Waals surface area contributed by atoms with Crippen molar-refractivity contribution < 1.29 is 22.8 Å². The summed E-state index contributed by atoms with van der Waals surface area (Å²) in [6, 6.07) is 15.3. The Bertz CT molecular complexity index is 1160. The number of hydrogen-bond acceptors (Lipinski definition) is 2. The number of amides is 3. The molecule has 1 aliphatic rings. The van der Waals surface area contributed by atoms with Gasteiger partial charge in [0.05, 0.1) is 12.2 Å². The fourth-order valence-electron chi connectivity index (χ4n) is 3.65. The fourth-order valence-corrected chi connectivity index (χ4v) is 3.65. The van der Waals surface area contributed by atoms with Gasteiger partial charge in [0.15, 0.2) is 0 Å². The summed E-state index contributed by atoms with van der Waals surface area (Å²) < 4.78 is 40.8. The summed E-state index contributed by atoms with van der Waals surface area (Å²) in [5, 5.41) is 2.45. The van der Waals surface area contributed by atoms with Crippen molar-refractivity contribution in [1.29, 1.82) is 0 Å². The van der Waals surface area contributed by atoms with Gasteiger partial charge in [-0.05, 0) is 23.3 Å². The van der Waals surface area contributed by atoms with Gasteiger partial charge in [0, 0.05) is 43.4 Å². The second-order valence-electron chi connectivity index (χ2n) is 7.58. The molecule has 1 aliphatic heterocycles. The Hall–Kier alpha value is -3.81. The highest BCUT2D eigenvalue weighted by Crippen LogP contribution is 2.30. The van der Waals surface area contributed by atoms with Crippen molar-refractivity contribution in [2.45, 2.75) is 19.6 Å². The Balaban J connectivity index is 1.58. The molecule has 8 heteroatoms. The Kier molecular flexibility index (Phi) is 5.85. The highest BCUT2D eigenvalue weighted by atomic mass is 19.1. The molecular formula is C24H20F3N3O2. The Morgan fingerprint density at radius 2 is 1.69 bits per heavy atom. The van der Waals surface area contributed by atoms with Crippen molar-refractivity contribution in [1.82, 2.24) is 10.2 Å². The SMILES string of the molecule is CN1Cc2ccc(C(=O)NCc3c(F)cc(F)cc3F)cc2N(Cc2ccccc2)C1=O. The van der Waals surface area contributed by atoms with Crippen LogP contribution in [0, 0.1) is 17.5 Å². The van der Waals surface area contributed by atoms with Gasteiger partial charge < -0.3 is 10.2 Å². The molecule has 3 aromatic carbocycles. The normalized spacial score (nSPS) is 13.2. The van der Waals surface area contributed by atoms with Crippen molar-refractivity contribution in [2.75, 3.05) is 11.9 Å². The summed E-state index contributed by atoms with van der Waals surface area (Å²) in [6.07, 6.45) is 0. The number of carbonyl (C=O) groups is 2. The van der Waals surface area contributed by atoms with E-state index in [4.69, 9.17) is 0 Å². The third-order valence-corrected chi connectivity index (χ3v) is 5.32. The molecule has 0 radical (unpaired) electrons. The van der Waals surface area contributed by atoms with E-state index >= 15 is 0 Å². The smallest absolute Gasteiger partial charge is 0.324 e. The standard InChI is InChI=1S/C24H20F3N3O2/c1-29-14-17-8-7-16(23(31)28-12-19-20(26)10-18(25)11-21(19)27)9-22(17)30(24(29)32)13-15-5-3-2-4-6-15/h2-11H,12-14H2,1H3,(H,28,31). The van der Waals surface area contributed by atoms with Crippen molar-refractivity contribution in [2.24, 2.45) is 0 Å². The predicted molar refractivity (Wildman–Crippen MR) is 113 cm³/mol. The zero-order valence-corrected chi connectivity index (χ0v) is 17.2. The molecule has 4 rings (SSSR count). The van der Waals surface area contributed by atoms with E-state index in [2.05, 4.69) is 5.32 Å². The van der Waals surface area contributed by atoms with E-state index in [1.165, 1.54) is 0 Å². The predicted octanol–water partition coefficient (Wildman–Crippen LogP) is 4.61. The largest absolute Gasteiger partial charge is 0.348 e. The number of rotatable bonds is 5. The zero-order valence-electron chi connectivity index (χ0n) is 17.2. The lowest BCUT2D eigenvalue weighted by molar-refractivity contribution is 0.0950. The number of nitrogens with one attached hydrogen (secondary N) is 1. The molecule has 5 nitrogen and oxygen atoms in total. The molecule has 32 heavy (non-hydrogen) atoms. The first-order chi connectivity index (χ1) is 15.3. The lowest BCUT2D eigenvalue weighted by atomic mass is 10.0. The second kappa shape index (κ2) is 8.74. The molecule has 0 saturated heterocycles. The van der Waals surface area contributed by atoms with E-state index in [0.717, 1.165) is 11.1 Å². The minimum absolute atomic E-state index is 0.200. The molecule has 0 atom stereocenters. The number of urea groups is 1. The summed E-state index contributed by atoms with van der Waals surface area (Å²) >= 11 is 0. The molecule has 0 aromatic heterocycles. The van der Waals surface area contributed by atoms with Gasteiger partial charge in [-0.15, -0.1) is 0 Å². The maximum absolute atomic E-state index is 13.8. The van der Waals surface area contributed by atoms with Crippen LogP contribution in [0.3, 0.4) is 0 Å². The van der Waals surface area contributed by atoms with Crippen LogP contribution >= 0.6 is 0 Å². The van der Waals surface area contributed by atoms with E-state index < -0.39 is 35.5 Å². The van der Waals surface area contributed by atoms with Gasteiger partial charge in [0.2, 0.25) is 0 Å². The Morgan fingerprint density at radius 3 is 2.38 bits per heavy atom. The van der Waals surface area contributed by atoms with Gasteiger partial charge in [-0.3, -0.25) is 9.69 Å². The van der Waals surface area contributed by atoms with Crippen LogP contribution in [0.5, 0.6) is 0 Å². The Labute approximate surface area is 183 Å². The van der Waals surface area contributed by atoms with E-state index in [1.807, 2.05) is 30.3 Å². The lowest BCUT2D eigenvalue weighted by Crippen LogP contribution is -2.44. The van der Waals surface area contributed by atoms with Crippen LogP contribution in [0.15, 0.2) is 60.7 Å². The molecule has 1 heterocycles. The summed E-state index contributed by atoms with van der Waals surface area (Å²) in [6.45, 7) is 0.282. The van der Waals surface area contributed by atoms with Gasteiger partial charge in [-0.1, -0.05) is 36.4 Å². The van der Waals surface area contributed by atoms with Gasteiger partial charge in [0.25, 0.3) is 5.91 Å². The van der Waals surface area contributed by atoms with Crippen molar-refractivity contribution in [3.8, 4) is 0 Å². The average molecular weight is 439 g/mol.